The van der Waals surface area contributed by atoms with Crippen LogP contribution in [0.25, 0.3) is 0 Å². The van der Waals surface area contributed by atoms with Gasteiger partial charge in [-0.2, -0.15) is 0 Å². The van der Waals surface area contributed by atoms with Gasteiger partial charge >= 0.3 is 5.97 Å². The molecule has 3 rings (SSSR count). The third kappa shape index (κ3) is 5.47. The Labute approximate surface area is 177 Å². The Morgan fingerprint density at radius 1 is 1.07 bits per heavy atom. The quantitative estimate of drug-likeness (QED) is 0.678. The molecule has 6 heteroatoms. The van der Waals surface area contributed by atoms with Gasteiger partial charge in [-0.25, -0.2) is 4.79 Å². The van der Waals surface area contributed by atoms with Crippen LogP contribution in [-0.4, -0.2) is 42.4 Å². The summed E-state index contributed by atoms with van der Waals surface area (Å²) in [6.45, 7) is 3.78. The van der Waals surface area contributed by atoms with E-state index < -0.39 is 5.97 Å². The van der Waals surface area contributed by atoms with Crippen molar-refractivity contribution < 1.29 is 19.1 Å². The van der Waals surface area contributed by atoms with Crippen molar-refractivity contribution >= 4 is 23.5 Å². The van der Waals surface area contributed by atoms with Crippen LogP contribution in [0.4, 0.5) is 5.69 Å². The molecule has 158 valence electrons. The highest BCUT2D eigenvalue weighted by Gasteiger charge is 2.20. The average Bonchev–Trinajstić information content (AvgIpc) is 3.21. The maximum atomic E-state index is 12.6. The number of aryl methyl sites for hydroxylation is 3. The zero-order chi connectivity index (χ0) is 21.5. The number of hydrogen-bond acceptors (Lipinski definition) is 4. The predicted octanol–water partition coefficient (Wildman–Crippen LogP) is 3.52. The monoisotopic (exact) mass is 408 g/mol. The van der Waals surface area contributed by atoms with E-state index in [1.165, 1.54) is 16.0 Å². The minimum atomic E-state index is -0.515. The molecule has 0 bridgehead atoms. The maximum Gasteiger partial charge on any atom is 0.338 e. The van der Waals surface area contributed by atoms with Crippen molar-refractivity contribution in [2.45, 2.75) is 39.5 Å². The Balaban J connectivity index is 1.55. The standard InChI is InChI=1S/C24H28N2O4/c1-3-13-26(15-22(27)25-21-10-5-4-7-17(21)2)23(28)16-30-24(29)20-12-11-18-8-6-9-19(18)14-20/h4-5,7,10-12,14H,3,6,8-9,13,15-16H2,1-2H3,(H,25,27). The molecule has 6 nitrogen and oxygen atoms in total. The van der Waals surface area contributed by atoms with E-state index in [-0.39, 0.29) is 25.0 Å². The lowest BCUT2D eigenvalue weighted by molar-refractivity contribution is -0.137. The highest BCUT2D eigenvalue weighted by molar-refractivity contribution is 5.96. The largest absolute Gasteiger partial charge is 0.452 e. The molecular formula is C24H28N2O4. The van der Waals surface area contributed by atoms with E-state index in [0.29, 0.717) is 18.5 Å². The molecule has 0 aromatic heterocycles. The molecule has 0 saturated heterocycles. The van der Waals surface area contributed by atoms with E-state index >= 15 is 0 Å². The number of fused-ring (bicyclic) bond motifs is 1. The fraction of sp³-hybridized carbons (Fsp3) is 0.375. The van der Waals surface area contributed by atoms with Crippen molar-refractivity contribution in [3.05, 3.63) is 64.7 Å². The summed E-state index contributed by atoms with van der Waals surface area (Å²) in [7, 11) is 0. The highest BCUT2D eigenvalue weighted by atomic mass is 16.5. The number of anilines is 1. The minimum Gasteiger partial charge on any atom is -0.452 e. The van der Waals surface area contributed by atoms with Crippen LogP contribution in [0.3, 0.4) is 0 Å². The summed E-state index contributed by atoms with van der Waals surface area (Å²) in [4.78, 5) is 38.8. The lowest BCUT2D eigenvalue weighted by atomic mass is 10.1. The van der Waals surface area contributed by atoms with Crippen LogP contribution in [0.2, 0.25) is 0 Å². The molecule has 0 aliphatic heterocycles. The lowest BCUT2D eigenvalue weighted by Crippen LogP contribution is -2.40. The third-order valence-corrected chi connectivity index (χ3v) is 5.26. The van der Waals surface area contributed by atoms with Crippen LogP contribution in [0.15, 0.2) is 42.5 Å². The smallest absolute Gasteiger partial charge is 0.338 e. The van der Waals surface area contributed by atoms with Crippen LogP contribution < -0.4 is 5.32 Å². The van der Waals surface area contributed by atoms with Crippen LogP contribution in [0.1, 0.15) is 46.8 Å². The summed E-state index contributed by atoms with van der Waals surface area (Å²) in [5.41, 5.74) is 4.58. The van der Waals surface area contributed by atoms with E-state index in [9.17, 15) is 14.4 Å². The van der Waals surface area contributed by atoms with Crippen molar-refractivity contribution in [2.24, 2.45) is 0 Å². The van der Waals surface area contributed by atoms with Gasteiger partial charge in [-0.15, -0.1) is 0 Å². The van der Waals surface area contributed by atoms with Gasteiger partial charge in [0.1, 0.15) is 0 Å². The van der Waals surface area contributed by atoms with Gasteiger partial charge in [0.15, 0.2) is 6.61 Å². The summed E-state index contributed by atoms with van der Waals surface area (Å²) in [5.74, 6) is -1.18. The molecule has 0 atom stereocenters. The van der Waals surface area contributed by atoms with Gasteiger partial charge in [0, 0.05) is 12.2 Å². The number of amides is 2. The summed E-state index contributed by atoms with van der Waals surface area (Å²) < 4.78 is 5.23. The SMILES string of the molecule is CCCN(CC(=O)Nc1ccccc1C)C(=O)COC(=O)c1ccc2c(c1)CCC2. The van der Waals surface area contributed by atoms with E-state index in [1.54, 1.807) is 6.07 Å². The van der Waals surface area contributed by atoms with E-state index in [4.69, 9.17) is 4.74 Å². The molecule has 1 N–H and O–H groups in total. The topological polar surface area (TPSA) is 75.7 Å². The Kier molecular flexibility index (Phi) is 7.22. The number of nitrogens with zero attached hydrogens (tertiary/aromatic N) is 1. The van der Waals surface area contributed by atoms with Crippen molar-refractivity contribution in [3.8, 4) is 0 Å². The number of carbonyl (C=O) groups is 3. The normalized spacial score (nSPS) is 12.2. The molecule has 2 amide bonds. The second kappa shape index (κ2) is 10.1. The van der Waals surface area contributed by atoms with Crippen LogP contribution in [-0.2, 0) is 27.2 Å². The van der Waals surface area contributed by atoms with Gasteiger partial charge in [0.05, 0.1) is 12.1 Å². The first-order valence-electron chi connectivity index (χ1n) is 10.4. The van der Waals surface area contributed by atoms with Gasteiger partial charge in [-0.3, -0.25) is 9.59 Å². The fourth-order valence-electron chi connectivity index (χ4n) is 3.64. The average molecular weight is 408 g/mol. The molecule has 0 radical (unpaired) electrons. The summed E-state index contributed by atoms with van der Waals surface area (Å²) in [5, 5.41) is 2.83. The molecule has 2 aromatic carbocycles. The molecule has 0 fully saturated rings. The number of rotatable bonds is 8. The molecule has 1 aliphatic rings. The van der Waals surface area contributed by atoms with Gasteiger partial charge in [-0.05, 0) is 67.5 Å². The Bertz CT molecular complexity index is 939. The van der Waals surface area contributed by atoms with Crippen LogP contribution in [0, 0.1) is 6.92 Å². The first kappa shape index (κ1) is 21.6. The summed E-state index contributed by atoms with van der Waals surface area (Å²) >= 11 is 0. The second-order valence-electron chi connectivity index (χ2n) is 7.59. The predicted molar refractivity (Wildman–Crippen MR) is 115 cm³/mol. The van der Waals surface area contributed by atoms with Crippen molar-refractivity contribution in [2.75, 3.05) is 25.0 Å². The van der Waals surface area contributed by atoms with Crippen LogP contribution >= 0.6 is 0 Å². The van der Waals surface area contributed by atoms with Gasteiger partial charge in [0.2, 0.25) is 5.91 Å². The zero-order valence-corrected chi connectivity index (χ0v) is 17.6. The van der Waals surface area contributed by atoms with E-state index in [2.05, 4.69) is 5.32 Å². The number of para-hydroxylation sites is 1. The third-order valence-electron chi connectivity index (χ3n) is 5.26. The summed E-state index contributed by atoms with van der Waals surface area (Å²) in [6, 6.07) is 13.0. The van der Waals surface area contributed by atoms with Gasteiger partial charge in [0.25, 0.3) is 5.91 Å². The number of benzene rings is 2. The first-order valence-corrected chi connectivity index (χ1v) is 10.4. The van der Waals surface area contributed by atoms with E-state index in [1.807, 2.05) is 50.2 Å². The molecular weight excluding hydrogens is 380 g/mol. The Hall–Kier alpha value is -3.15. The van der Waals surface area contributed by atoms with Gasteiger partial charge in [-0.1, -0.05) is 31.2 Å². The Morgan fingerprint density at radius 2 is 1.83 bits per heavy atom. The molecule has 2 aromatic rings. The Morgan fingerprint density at radius 3 is 2.60 bits per heavy atom. The number of nitrogens with one attached hydrogen (secondary N) is 1. The maximum absolute atomic E-state index is 12.6. The molecule has 0 spiro atoms. The molecule has 0 saturated carbocycles. The van der Waals surface area contributed by atoms with Crippen molar-refractivity contribution in [3.63, 3.8) is 0 Å². The highest BCUT2D eigenvalue weighted by Crippen LogP contribution is 2.23. The number of carbonyl (C=O) groups excluding carboxylic acids is 3. The van der Waals surface area contributed by atoms with Crippen LogP contribution in [0.5, 0.6) is 0 Å². The lowest BCUT2D eigenvalue weighted by Gasteiger charge is -2.21. The zero-order valence-electron chi connectivity index (χ0n) is 17.6. The number of hydrogen-bond donors (Lipinski definition) is 1. The molecule has 0 heterocycles. The summed E-state index contributed by atoms with van der Waals surface area (Å²) in [6.07, 6.45) is 3.81. The molecule has 0 unspecified atom stereocenters. The molecule has 1 aliphatic carbocycles. The number of ether oxygens (including phenoxy) is 1. The van der Waals surface area contributed by atoms with Crippen molar-refractivity contribution in [1.82, 2.24) is 4.90 Å². The van der Waals surface area contributed by atoms with Crippen molar-refractivity contribution in [1.29, 1.82) is 0 Å². The number of esters is 1. The van der Waals surface area contributed by atoms with Gasteiger partial charge < -0.3 is 15.0 Å². The fourth-order valence-corrected chi connectivity index (χ4v) is 3.64. The first-order chi connectivity index (χ1) is 14.5. The second-order valence-corrected chi connectivity index (χ2v) is 7.59. The minimum absolute atomic E-state index is 0.0859. The van der Waals surface area contributed by atoms with E-state index in [0.717, 1.165) is 30.5 Å². The molecule has 30 heavy (non-hydrogen) atoms.